The van der Waals surface area contributed by atoms with Gasteiger partial charge >= 0.3 is 5.97 Å². The van der Waals surface area contributed by atoms with Crippen LogP contribution in [0.25, 0.3) is 5.65 Å². The maximum absolute atomic E-state index is 11.8. The van der Waals surface area contributed by atoms with Crippen LogP contribution in [0.5, 0.6) is 0 Å². The van der Waals surface area contributed by atoms with E-state index in [-0.39, 0.29) is 6.42 Å². The molecule has 0 radical (unpaired) electrons. The third-order valence-corrected chi connectivity index (χ3v) is 3.68. The molecule has 0 saturated carbocycles. The van der Waals surface area contributed by atoms with Gasteiger partial charge in [-0.3, -0.25) is 9.20 Å². The van der Waals surface area contributed by atoms with Crippen LogP contribution in [-0.4, -0.2) is 30.7 Å². The summed E-state index contributed by atoms with van der Waals surface area (Å²) in [6, 6.07) is 10.9. The number of carboxylic acid groups (broad SMARTS) is 1. The lowest BCUT2D eigenvalue weighted by atomic mass is 9.79. The van der Waals surface area contributed by atoms with Gasteiger partial charge in [-0.15, -0.1) is 10.2 Å². The molecule has 21 heavy (non-hydrogen) atoms. The van der Waals surface area contributed by atoms with Gasteiger partial charge in [0.2, 0.25) is 0 Å². The van der Waals surface area contributed by atoms with Crippen molar-refractivity contribution in [1.82, 2.24) is 19.6 Å². The summed E-state index contributed by atoms with van der Waals surface area (Å²) >= 11 is 0. The third-order valence-electron chi connectivity index (χ3n) is 3.68. The molecule has 6 nitrogen and oxygen atoms in total. The number of aromatic nitrogens is 4. The monoisotopic (exact) mass is 282 g/mol. The Bertz CT molecular complexity index is 784. The number of hydrogen-bond donors (Lipinski definition) is 1. The fraction of sp³-hybridized carbons (Fsp3) is 0.200. The molecule has 0 aliphatic carbocycles. The van der Waals surface area contributed by atoms with Gasteiger partial charge in [0.15, 0.2) is 5.65 Å². The normalized spacial score (nSPS) is 14.0. The van der Waals surface area contributed by atoms with Gasteiger partial charge in [-0.1, -0.05) is 30.3 Å². The first-order valence-corrected chi connectivity index (χ1v) is 6.54. The molecule has 0 bridgehead atoms. The zero-order valence-corrected chi connectivity index (χ0v) is 11.5. The smallest absolute Gasteiger partial charge is 0.314 e. The second-order valence-corrected chi connectivity index (χ2v) is 5.10. The third kappa shape index (κ3) is 2.24. The second kappa shape index (κ2) is 4.97. The number of carboxylic acids is 1. The summed E-state index contributed by atoms with van der Waals surface area (Å²) in [5.74, 6) is -0.318. The first-order valence-electron chi connectivity index (χ1n) is 6.54. The van der Waals surface area contributed by atoms with E-state index >= 15 is 0 Å². The quantitative estimate of drug-likeness (QED) is 0.788. The van der Waals surface area contributed by atoms with Gasteiger partial charge in [-0.25, -0.2) is 4.98 Å². The van der Waals surface area contributed by atoms with Crippen molar-refractivity contribution >= 4 is 11.6 Å². The van der Waals surface area contributed by atoms with E-state index < -0.39 is 11.4 Å². The van der Waals surface area contributed by atoms with Crippen molar-refractivity contribution in [2.75, 3.05) is 0 Å². The summed E-state index contributed by atoms with van der Waals surface area (Å²) in [6.07, 6.45) is 3.46. The van der Waals surface area contributed by atoms with Crippen LogP contribution >= 0.6 is 0 Å². The standard InChI is InChI=1S/C15H14N4O2/c1-15(14(20)21,11-5-3-2-4-6-11)9-13-18-17-12-7-8-16-10-19(12)13/h2-8,10H,9H2,1H3,(H,20,21). The summed E-state index contributed by atoms with van der Waals surface area (Å²) in [7, 11) is 0. The van der Waals surface area contributed by atoms with Crippen molar-refractivity contribution in [2.24, 2.45) is 0 Å². The van der Waals surface area contributed by atoms with Gasteiger partial charge in [-0.05, 0) is 12.5 Å². The van der Waals surface area contributed by atoms with Crippen molar-refractivity contribution < 1.29 is 9.90 Å². The van der Waals surface area contributed by atoms with Gasteiger partial charge in [-0.2, -0.15) is 0 Å². The second-order valence-electron chi connectivity index (χ2n) is 5.10. The molecule has 0 spiro atoms. The molecule has 0 aliphatic heterocycles. The Balaban J connectivity index is 2.06. The average molecular weight is 282 g/mol. The van der Waals surface area contributed by atoms with Crippen LogP contribution < -0.4 is 0 Å². The Morgan fingerprint density at radius 2 is 2.00 bits per heavy atom. The van der Waals surface area contributed by atoms with Gasteiger partial charge in [0.25, 0.3) is 0 Å². The Kier molecular flexibility index (Phi) is 3.13. The lowest BCUT2D eigenvalue weighted by molar-refractivity contribution is -0.143. The highest BCUT2D eigenvalue weighted by molar-refractivity contribution is 5.81. The van der Waals surface area contributed by atoms with Crippen molar-refractivity contribution in [3.05, 3.63) is 60.3 Å². The molecule has 0 saturated heterocycles. The molecule has 106 valence electrons. The summed E-state index contributed by atoms with van der Waals surface area (Å²) < 4.78 is 1.71. The highest BCUT2D eigenvalue weighted by Crippen LogP contribution is 2.28. The zero-order chi connectivity index (χ0) is 14.9. The summed E-state index contributed by atoms with van der Waals surface area (Å²) in [4.78, 5) is 15.8. The van der Waals surface area contributed by atoms with Gasteiger partial charge in [0.1, 0.15) is 12.2 Å². The van der Waals surface area contributed by atoms with Crippen LogP contribution in [-0.2, 0) is 16.6 Å². The molecule has 0 fully saturated rings. The number of carbonyl (C=O) groups is 1. The molecule has 1 aromatic carbocycles. The van der Waals surface area contributed by atoms with E-state index in [9.17, 15) is 9.90 Å². The highest BCUT2D eigenvalue weighted by atomic mass is 16.4. The van der Waals surface area contributed by atoms with Crippen molar-refractivity contribution in [1.29, 1.82) is 0 Å². The Morgan fingerprint density at radius 1 is 1.24 bits per heavy atom. The van der Waals surface area contributed by atoms with Crippen molar-refractivity contribution in [2.45, 2.75) is 18.8 Å². The predicted octanol–water partition coefficient (Wildman–Crippen LogP) is 1.71. The topological polar surface area (TPSA) is 80.4 Å². The van der Waals surface area contributed by atoms with E-state index in [4.69, 9.17) is 0 Å². The Morgan fingerprint density at radius 3 is 2.71 bits per heavy atom. The van der Waals surface area contributed by atoms with Gasteiger partial charge in [0.05, 0.1) is 5.41 Å². The van der Waals surface area contributed by atoms with Crippen LogP contribution in [0.15, 0.2) is 48.9 Å². The molecular weight excluding hydrogens is 268 g/mol. The fourth-order valence-electron chi connectivity index (χ4n) is 2.34. The minimum Gasteiger partial charge on any atom is -0.481 e. The molecule has 1 N–H and O–H groups in total. The molecule has 6 heteroatoms. The molecule has 3 aromatic rings. The number of nitrogens with zero attached hydrogens (tertiary/aromatic N) is 4. The molecule has 0 aliphatic rings. The summed E-state index contributed by atoms with van der Waals surface area (Å²) in [6.45, 7) is 1.70. The lowest BCUT2D eigenvalue weighted by Crippen LogP contribution is -2.35. The van der Waals surface area contributed by atoms with Gasteiger partial charge in [0, 0.05) is 18.7 Å². The van der Waals surface area contributed by atoms with E-state index in [2.05, 4.69) is 15.2 Å². The van der Waals surface area contributed by atoms with Crippen molar-refractivity contribution in [3.8, 4) is 0 Å². The van der Waals surface area contributed by atoms with E-state index in [0.717, 1.165) is 5.56 Å². The number of hydrogen-bond acceptors (Lipinski definition) is 4. The maximum atomic E-state index is 11.8. The van der Waals surface area contributed by atoms with Crippen LogP contribution in [0.3, 0.4) is 0 Å². The number of benzene rings is 1. The molecule has 1 atom stereocenters. The molecule has 2 aromatic heterocycles. The molecule has 0 amide bonds. The van der Waals surface area contributed by atoms with E-state index in [0.29, 0.717) is 11.5 Å². The largest absolute Gasteiger partial charge is 0.481 e. The fourth-order valence-corrected chi connectivity index (χ4v) is 2.34. The van der Waals surface area contributed by atoms with Gasteiger partial charge < -0.3 is 5.11 Å². The van der Waals surface area contributed by atoms with Crippen LogP contribution in [0.1, 0.15) is 18.3 Å². The van der Waals surface area contributed by atoms with E-state index in [1.54, 1.807) is 29.9 Å². The Hall–Kier alpha value is -2.76. The number of aliphatic carboxylic acids is 1. The van der Waals surface area contributed by atoms with Crippen LogP contribution in [0.2, 0.25) is 0 Å². The molecule has 2 heterocycles. The Labute approximate surface area is 121 Å². The summed E-state index contributed by atoms with van der Waals surface area (Å²) in [5, 5.41) is 17.8. The lowest BCUT2D eigenvalue weighted by Gasteiger charge is -2.24. The number of fused-ring (bicyclic) bond motifs is 1. The predicted molar refractivity (Wildman–Crippen MR) is 75.9 cm³/mol. The maximum Gasteiger partial charge on any atom is 0.314 e. The number of rotatable bonds is 4. The summed E-state index contributed by atoms with van der Waals surface area (Å²) in [5.41, 5.74) is 0.319. The minimum absolute atomic E-state index is 0.235. The molecular formula is C15H14N4O2. The SMILES string of the molecule is CC(Cc1nnc2ccncn12)(C(=O)O)c1ccccc1. The minimum atomic E-state index is -1.07. The molecule has 3 rings (SSSR count). The van der Waals surface area contributed by atoms with Crippen molar-refractivity contribution in [3.63, 3.8) is 0 Å². The van der Waals surface area contributed by atoms with Crippen LogP contribution in [0, 0.1) is 0 Å². The average Bonchev–Trinajstić information content (AvgIpc) is 2.91. The first kappa shape index (κ1) is 13.2. The first-order chi connectivity index (χ1) is 10.1. The molecule has 1 unspecified atom stereocenters. The van der Waals surface area contributed by atoms with E-state index in [1.165, 1.54) is 0 Å². The zero-order valence-electron chi connectivity index (χ0n) is 11.5. The van der Waals surface area contributed by atoms with E-state index in [1.807, 2.05) is 30.3 Å². The highest BCUT2D eigenvalue weighted by Gasteiger charge is 2.36. The van der Waals surface area contributed by atoms with Crippen LogP contribution in [0.4, 0.5) is 0 Å².